The van der Waals surface area contributed by atoms with E-state index in [1.807, 2.05) is 6.07 Å². The first kappa shape index (κ1) is 19.8. The van der Waals surface area contributed by atoms with Crippen LogP contribution in [-0.2, 0) is 6.18 Å². The number of hydrogen-bond donors (Lipinski definition) is 2. The summed E-state index contributed by atoms with van der Waals surface area (Å²) >= 11 is 0. The first-order chi connectivity index (χ1) is 13.7. The molecule has 0 spiro atoms. The molecule has 0 saturated heterocycles. The number of nitrogens with zero attached hydrogens (tertiary/aromatic N) is 3. The summed E-state index contributed by atoms with van der Waals surface area (Å²) in [7, 11) is 0. The quantitative estimate of drug-likeness (QED) is 0.668. The number of aromatic nitrogens is 2. The Morgan fingerprint density at radius 3 is 2.41 bits per heavy atom. The number of benzene rings is 2. The lowest BCUT2D eigenvalue weighted by Crippen LogP contribution is -2.15. The zero-order valence-corrected chi connectivity index (χ0v) is 15.1. The zero-order valence-electron chi connectivity index (χ0n) is 15.1. The first-order valence-corrected chi connectivity index (χ1v) is 8.36. The van der Waals surface area contributed by atoms with E-state index < -0.39 is 17.6 Å². The highest BCUT2D eigenvalue weighted by molar-refractivity contribution is 6.03. The second kappa shape index (κ2) is 7.98. The van der Waals surface area contributed by atoms with Gasteiger partial charge in [0, 0.05) is 17.1 Å². The SMILES string of the molecule is Cc1cc(C(=O)Nc2cccc(C#N)c2)nc(Nc2ccc(C(F)(F)F)cc2)n1. The van der Waals surface area contributed by atoms with Gasteiger partial charge in [-0.25, -0.2) is 9.97 Å². The molecule has 0 saturated carbocycles. The van der Waals surface area contributed by atoms with E-state index in [4.69, 9.17) is 5.26 Å². The van der Waals surface area contributed by atoms with Gasteiger partial charge in [-0.05, 0) is 55.5 Å². The Morgan fingerprint density at radius 2 is 1.76 bits per heavy atom. The van der Waals surface area contributed by atoms with Crippen molar-refractivity contribution < 1.29 is 18.0 Å². The second-order valence-corrected chi connectivity index (χ2v) is 6.07. The molecule has 9 heteroatoms. The number of hydrogen-bond acceptors (Lipinski definition) is 5. The molecule has 2 aromatic carbocycles. The van der Waals surface area contributed by atoms with Gasteiger partial charge in [0.1, 0.15) is 5.69 Å². The smallest absolute Gasteiger partial charge is 0.324 e. The predicted octanol–water partition coefficient (Wildman–Crippen LogP) is 4.67. The number of anilines is 3. The van der Waals surface area contributed by atoms with Gasteiger partial charge in [-0.15, -0.1) is 0 Å². The average Bonchev–Trinajstić information content (AvgIpc) is 2.67. The van der Waals surface area contributed by atoms with E-state index in [9.17, 15) is 18.0 Å². The number of carbonyl (C=O) groups is 1. The molecule has 0 fully saturated rings. The standard InChI is InChI=1S/C20H14F3N5O/c1-12-9-17(18(29)26-16-4-2-3-13(10-16)11-24)28-19(25-12)27-15-7-5-14(6-8-15)20(21,22)23/h2-10H,1H3,(H,26,29)(H,25,27,28). The maximum atomic E-state index is 12.7. The van der Waals surface area contributed by atoms with E-state index >= 15 is 0 Å². The molecule has 1 aromatic heterocycles. The highest BCUT2D eigenvalue weighted by atomic mass is 19.4. The van der Waals surface area contributed by atoms with Crippen LogP contribution < -0.4 is 10.6 Å². The van der Waals surface area contributed by atoms with Crippen molar-refractivity contribution in [1.82, 2.24) is 9.97 Å². The molecule has 29 heavy (non-hydrogen) atoms. The molecule has 3 rings (SSSR count). The Hall–Kier alpha value is -3.93. The van der Waals surface area contributed by atoms with E-state index in [2.05, 4.69) is 20.6 Å². The Kier molecular flexibility index (Phi) is 5.45. The Bertz CT molecular complexity index is 1090. The molecule has 3 aromatic rings. The summed E-state index contributed by atoms with van der Waals surface area (Å²) in [6.07, 6.45) is -4.42. The highest BCUT2D eigenvalue weighted by Crippen LogP contribution is 2.30. The van der Waals surface area contributed by atoms with Crippen molar-refractivity contribution in [2.45, 2.75) is 13.1 Å². The molecule has 0 atom stereocenters. The van der Waals surface area contributed by atoms with Crippen molar-refractivity contribution in [3.05, 3.63) is 77.1 Å². The van der Waals surface area contributed by atoms with Crippen LogP contribution in [0.2, 0.25) is 0 Å². The van der Waals surface area contributed by atoms with Gasteiger partial charge in [0.25, 0.3) is 5.91 Å². The van der Waals surface area contributed by atoms with Crippen LogP contribution in [0.1, 0.15) is 27.3 Å². The summed E-state index contributed by atoms with van der Waals surface area (Å²) in [5.41, 5.74) is 0.957. The van der Waals surface area contributed by atoms with Gasteiger partial charge in [0.05, 0.1) is 17.2 Å². The molecule has 0 aliphatic carbocycles. The molecular formula is C20H14F3N5O. The Labute approximate surface area is 164 Å². The van der Waals surface area contributed by atoms with E-state index in [1.165, 1.54) is 24.3 Å². The molecule has 2 N–H and O–H groups in total. The third kappa shape index (κ3) is 5.07. The van der Waals surface area contributed by atoms with Gasteiger partial charge in [0.2, 0.25) is 5.95 Å². The van der Waals surface area contributed by atoms with Gasteiger partial charge in [-0.3, -0.25) is 4.79 Å². The third-order valence-corrected chi connectivity index (χ3v) is 3.80. The number of amides is 1. The summed E-state index contributed by atoms with van der Waals surface area (Å²) in [6.45, 7) is 1.66. The molecular weight excluding hydrogens is 383 g/mol. The monoisotopic (exact) mass is 397 g/mol. The van der Waals surface area contributed by atoms with Gasteiger partial charge in [0.15, 0.2) is 0 Å². The summed E-state index contributed by atoms with van der Waals surface area (Å²) < 4.78 is 38.0. The van der Waals surface area contributed by atoms with Gasteiger partial charge in [-0.1, -0.05) is 6.07 Å². The summed E-state index contributed by atoms with van der Waals surface area (Å²) in [5.74, 6) is -0.443. The largest absolute Gasteiger partial charge is 0.416 e. The van der Waals surface area contributed by atoms with Crippen molar-refractivity contribution in [3.8, 4) is 6.07 Å². The fourth-order valence-corrected chi connectivity index (χ4v) is 2.47. The van der Waals surface area contributed by atoms with Crippen molar-refractivity contribution in [3.63, 3.8) is 0 Å². The van der Waals surface area contributed by atoms with E-state index in [0.29, 0.717) is 22.6 Å². The average molecular weight is 397 g/mol. The van der Waals surface area contributed by atoms with Crippen LogP contribution in [0.25, 0.3) is 0 Å². The topological polar surface area (TPSA) is 90.7 Å². The lowest BCUT2D eigenvalue weighted by molar-refractivity contribution is -0.137. The lowest BCUT2D eigenvalue weighted by Gasteiger charge is -2.10. The summed E-state index contributed by atoms with van der Waals surface area (Å²) in [5, 5.41) is 14.4. The van der Waals surface area contributed by atoms with Crippen LogP contribution >= 0.6 is 0 Å². The minimum absolute atomic E-state index is 0.0641. The van der Waals surface area contributed by atoms with E-state index in [1.54, 1.807) is 25.1 Å². The van der Waals surface area contributed by atoms with Crippen molar-refractivity contribution >= 4 is 23.2 Å². The van der Waals surface area contributed by atoms with Gasteiger partial charge < -0.3 is 10.6 Å². The molecule has 0 radical (unpaired) electrons. The second-order valence-electron chi connectivity index (χ2n) is 6.07. The van der Waals surface area contributed by atoms with Crippen molar-refractivity contribution in [1.29, 1.82) is 5.26 Å². The molecule has 146 valence electrons. The van der Waals surface area contributed by atoms with E-state index in [-0.39, 0.29) is 11.6 Å². The predicted molar refractivity (Wildman–Crippen MR) is 101 cm³/mol. The van der Waals surface area contributed by atoms with Crippen LogP contribution in [0.5, 0.6) is 0 Å². The third-order valence-electron chi connectivity index (χ3n) is 3.80. The van der Waals surface area contributed by atoms with Gasteiger partial charge in [-0.2, -0.15) is 18.4 Å². The summed E-state index contributed by atoms with van der Waals surface area (Å²) in [6, 6.07) is 14.2. The number of halogens is 3. The molecule has 1 amide bonds. The number of rotatable bonds is 4. The molecule has 0 unspecified atom stereocenters. The van der Waals surface area contributed by atoms with Crippen molar-refractivity contribution in [2.24, 2.45) is 0 Å². The minimum Gasteiger partial charge on any atom is -0.324 e. The van der Waals surface area contributed by atoms with Crippen LogP contribution in [0.15, 0.2) is 54.6 Å². The lowest BCUT2D eigenvalue weighted by atomic mass is 10.2. The maximum Gasteiger partial charge on any atom is 0.416 e. The molecule has 0 bridgehead atoms. The molecule has 1 heterocycles. The van der Waals surface area contributed by atoms with Gasteiger partial charge >= 0.3 is 6.18 Å². The van der Waals surface area contributed by atoms with Crippen LogP contribution in [0.4, 0.5) is 30.5 Å². The van der Waals surface area contributed by atoms with Crippen molar-refractivity contribution in [2.75, 3.05) is 10.6 Å². The van der Waals surface area contributed by atoms with E-state index in [0.717, 1.165) is 12.1 Å². The summed E-state index contributed by atoms with van der Waals surface area (Å²) in [4.78, 5) is 20.8. The van der Waals surface area contributed by atoms with Crippen LogP contribution in [0, 0.1) is 18.3 Å². The zero-order chi connectivity index (χ0) is 21.0. The number of aryl methyl sites for hydroxylation is 1. The number of carbonyl (C=O) groups excluding carboxylic acids is 1. The Balaban J connectivity index is 1.78. The Morgan fingerprint density at radius 1 is 1.03 bits per heavy atom. The minimum atomic E-state index is -4.42. The first-order valence-electron chi connectivity index (χ1n) is 8.36. The van der Waals surface area contributed by atoms with Crippen LogP contribution in [-0.4, -0.2) is 15.9 Å². The fraction of sp³-hybridized carbons (Fsp3) is 0.100. The normalized spacial score (nSPS) is 10.9. The number of nitriles is 1. The fourth-order valence-electron chi connectivity index (χ4n) is 2.47. The molecule has 0 aliphatic heterocycles. The highest BCUT2D eigenvalue weighted by Gasteiger charge is 2.29. The molecule has 6 nitrogen and oxygen atoms in total. The number of nitrogens with one attached hydrogen (secondary N) is 2. The number of alkyl halides is 3. The maximum absolute atomic E-state index is 12.7. The molecule has 0 aliphatic rings. The van der Waals surface area contributed by atoms with Crippen LogP contribution in [0.3, 0.4) is 0 Å².